The molecular formula is C14H19N3S. The van der Waals surface area contributed by atoms with Gasteiger partial charge >= 0.3 is 0 Å². The molecule has 1 N–H and O–H groups in total. The second-order valence-corrected chi connectivity index (χ2v) is 5.31. The van der Waals surface area contributed by atoms with Crippen molar-refractivity contribution in [3.63, 3.8) is 0 Å². The summed E-state index contributed by atoms with van der Waals surface area (Å²) in [5.74, 6) is 1.10. The standard InChI is InChI=1S/C14H19N3S/c1-17-11-8-13(16-17)7-9-15-10-12-18-14-5-3-2-4-6-14/h2-6,8,11,15H,7,9-10,12H2,1H3. The van der Waals surface area contributed by atoms with Gasteiger partial charge in [-0.05, 0) is 18.2 Å². The molecule has 0 spiro atoms. The molecule has 0 aliphatic heterocycles. The Morgan fingerprint density at radius 2 is 2.00 bits per heavy atom. The quantitative estimate of drug-likeness (QED) is 0.613. The monoisotopic (exact) mass is 261 g/mol. The van der Waals surface area contributed by atoms with Gasteiger partial charge in [-0.15, -0.1) is 11.8 Å². The van der Waals surface area contributed by atoms with Gasteiger partial charge in [0.2, 0.25) is 0 Å². The summed E-state index contributed by atoms with van der Waals surface area (Å²) in [6.07, 6.45) is 2.98. The first-order valence-corrected chi connectivity index (χ1v) is 7.20. The van der Waals surface area contributed by atoms with Crippen molar-refractivity contribution < 1.29 is 0 Å². The normalized spacial score (nSPS) is 10.7. The average Bonchev–Trinajstić information content (AvgIpc) is 2.81. The third-order valence-electron chi connectivity index (χ3n) is 2.62. The van der Waals surface area contributed by atoms with E-state index < -0.39 is 0 Å². The maximum Gasteiger partial charge on any atom is 0.0637 e. The number of hydrogen-bond donors (Lipinski definition) is 1. The topological polar surface area (TPSA) is 29.9 Å². The van der Waals surface area contributed by atoms with E-state index in [0.717, 1.165) is 31.0 Å². The van der Waals surface area contributed by atoms with E-state index in [9.17, 15) is 0 Å². The van der Waals surface area contributed by atoms with E-state index in [4.69, 9.17) is 0 Å². The van der Waals surface area contributed by atoms with Crippen LogP contribution in [0.5, 0.6) is 0 Å². The van der Waals surface area contributed by atoms with Crippen molar-refractivity contribution in [2.75, 3.05) is 18.8 Å². The second-order valence-electron chi connectivity index (χ2n) is 4.14. The van der Waals surface area contributed by atoms with Crippen LogP contribution in [0.15, 0.2) is 47.5 Å². The van der Waals surface area contributed by atoms with Crippen LogP contribution in [0.2, 0.25) is 0 Å². The van der Waals surface area contributed by atoms with Crippen molar-refractivity contribution in [1.29, 1.82) is 0 Å². The van der Waals surface area contributed by atoms with Crippen LogP contribution in [0.3, 0.4) is 0 Å². The summed E-state index contributed by atoms with van der Waals surface area (Å²) in [6, 6.07) is 12.6. The molecular weight excluding hydrogens is 242 g/mol. The minimum atomic E-state index is 0.992. The van der Waals surface area contributed by atoms with Gasteiger partial charge in [-0.1, -0.05) is 18.2 Å². The molecule has 96 valence electrons. The number of rotatable bonds is 7. The lowest BCUT2D eigenvalue weighted by Crippen LogP contribution is -2.20. The first-order chi connectivity index (χ1) is 8.84. The molecule has 1 aromatic heterocycles. The van der Waals surface area contributed by atoms with Gasteiger partial charge in [0.15, 0.2) is 0 Å². The maximum absolute atomic E-state index is 4.35. The minimum absolute atomic E-state index is 0.992. The van der Waals surface area contributed by atoms with Crippen LogP contribution in [0.25, 0.3) is 0 Å². The molecule has 0 bridgehead atoms. The van der Waals surface area contributed by atoms with Crippen molar-refractivity contribution in [3.05, 3.63) is 48.3 Å². The van der Waals surface area contributed by atoms with Crippen molar-refractivity contribution in [3.8, 4) is 0 Å². The van der Waals surface area contributed by atoms with Gasteiger partial charge in [0, 0.05) is 43.4 Å². The Hall–Kier alpha value is -1.26. The summed E-state index contributed by atoms with van der Waals surface area (Å²) >= 11 is 1.89. The molecule has 0 atom stereocenters. The highest BCUT2D eigenvalue weighted by atomic mass is 32.2. The molecule has 0 unspecified atom stereocenters. The first-order valence-electron chi connectivity index (χ1n) is 6.22. The van der Waals surface area contributed by atoms with Crippen LogP contribution in [-0.2, 0) is 13.5 Å². The number of hydrogen-bond acceptors (Lipinski definition) is 3. The Kier molecular flexibility index (Phi) is 5.30. The van der Waals surface area contributed by atoms with Crippen molar-refractivity contribution in [2.24, 2.45) is 7.05 Å². The average molecular weight is 261 g/mol. The number of nitrogens with zero attached hydrogens (tertiary/aromatic N) is 2. The fourth-order valence-corrected chi connectivity index (χ4v) is 2.53. The summed E-state index contributed by atoms with van der Waals surface area (Å²) in [4.78, 5) is 1.34. The van der Waals surface area contributed by atoms with Crippen molar-refractivity contribution in [1.82, 2.24) is 15.1 Å². The highest BCUT2D eigenvalue weighted by Gasteiger charge is 1.96. The van der Waals surface area contributed by atoms with Gasteiger partial charge < -0.3 is 5.32 Å². The molecule has 4 heteroatoms. The Balaban J connectivity index is 1.54. The summed E-state index contributed by atoms with van der Waals surface area (Å²) in [6.45, 7) is 2.03. The van der Waals surface area contributed by atoms with E-state index in [1.165, 1.54) is 4.90 Å². The molecule has 1 aromatic carbocycles. The molecule has 0 saturated carbocycles. The summed E-state index contributed by atoms with van der Waals surface area (Å²) in [5.41, 5.74) is 1.15. The molecule has 18 heavy (non-hydrogen) atoms. The molecule has 0 radical (unpaired) electrons. The highest BCUT2D eigenvalue weighted by Crippen LogP contribution is 2.15. The molecule has 0 aliphatic carbocycles. The largest absolute Gasteiger partial charge is 0.316 e. The van der Waals surface area contributed by atoms with Crippen LogP contribution in [0, 0.1) is 0 Å². The molecule has 3 nitrogen and oxygen atoms in total. The first kappa shape index (κ1) is 13.2. The van der Waals surface area contributed by atoms with Gasteiger partial charge in [-0.3, -0.25) is 4.68 Å². The summed E-state index contributed by atoms with van der Waals surface area (Å²) in [7, 11) is 1.95. The molecule has 0 saturated heterocycles. The molecule has 0 aliphatic rings. The summed E-state index contributed by atoms with van der Waals surface area (Å²) < 4.78 is 1.85. The van der Waals surface area contributed by atoms with Crippen LogP contribution in [0.4, 0.5) is 0 Å². The lowest BCUT2D eigenvalue weighted by atomic mass is 10.3. The van der Waals surface area contributed by atoms with Gasteiger partial charge in [0.1, 0.15) is 0 Å². The lowest BCUT2D eigenvalue weighted by Gasteiger charge is -2.03. The maximum atomic E-state index is 4.35. The van der Waals surface area contributed by atoms with Crippen LogP contribution < -0.4 is 5.32 Å². The Labute approximate surface area is 113 Å². The second kappa shape index (κ2) is 7.24. The van der Waals surface area contributed by atoms with E-state index in [-0.39, 0.29) is 0 Å². The van der Waals surface area contributed by atoms with Gasteiger partial charge in [-0.25, -0.2) is 0 Å². The minimum Gasteiger partial charge on any atom is -0.316 e. The molecule has 1 heterocycles. The van der Waals surface area contributed by atoms with E-state index >= 15 is 0 Å². The number of benzene rings is 1. The van der Waals surface area contributed by atoms with E-state index in [2.05, 4.69) is 46.8 Å². The van der Waals surface area contributed by atoms with Crippen molar-refractivity contribution in [2.45, 2.75) is 11.3 Å². The number of aryl methyl sites for hydroxylation is 1. The molecule has 0 fully saturated rings. The van der Waals surface area contributed by atoms with Gasteiger partial charge in [0.05, 0.1) is 5.69 Å². The Bertz CT molecular complexity index is 453. The van der Waals surface area contributed by atoms with Crippen molar-refractivity contribution >= 4 is 11.8 Å². The molecule has 2 aromatic rings. The highest BCUT2D eigenvalue weighted by molar-refractivity contribution is 7.99. The predicted molar refractivity (Wildman–Crippen MR) is 76.9 cm³/mol. The Morgan fingerprint density at radius 3 is 2.72 bits per heavy atom. The number of aromatic nitrogens is 2. The lowest BCUT2D eigenvalue weighted by molar-refractivity contribution is 0.688. The zero-order valence-electron chi connectivity index (χ0n) is 10.7. The van der Waals surface area contributed by atoms with Gasteiger partial charge in [0.25, 0.3) is 0 Å². The molecule has 0 amide bonds. The van der Waals surface area contributed by atoms with E-state index in [1.54, 1.807) is 0 Å². The molecule has 2 rings (SSSR count). The van der Waals surface area contributed by atoms with Crippen LogP contribution in [0.1, 0.15) is 5.69 Å². The van der Waals surface area contributed by atoms with E-state index in [0.29, 0.717) is 0 Å². The zero-order valence-corrected chi connectivity index (χ0v) is 11.5. The fraction of sp³-hybridized carbons (Fsp3) is 0.357. The zero-order chi connectivity index (χ0) is 12.6. The SMILES string of the molecule is Cn1ccc(CCNCCSc2ccccc2)n1. The van der Waals surface area contributed by atoms with Crippen LogP contribution >= 0.6 is 11.8 Å². The van der Waals surface area contributed by atoms with Gasteiger partial charge in [-0.2, -0.15) is 5.10 Å². The fourth-order valence-electron chi connectivity index (χ4n) is 1.70. The number of thioether (sulfide) groups is 1. The predicted octanol–water partition coefficient (Wildman–Crippen LogP) is 2.34. The van der Waals surface area contributed by atoms with E-state index in [1.807, 2.05) is 29.7 Å². The summed E-state index contributed by atoms with van der Waals surface area (Å²) in [5, 5.41) is 7.79. The Morgan fingerprint density at radius 1 is 1.17 bits per heavy atom. The van der Waals surface area contributed by atoms with Crippen LogP contribution in [-0.4, -0.2) is 28.6 Å². The smallest absolute Gasteiger partial charge is 0.0637 e. The third kappa shape index (κ3) is 4.55. The number of nitrogens with one attached hydrogen (secondary N) is 1. The third-order valence-corrected chi connectivity index (χ3v) is 3.63.